The van der Waals surface area contributed by atoms with Crippen LogP contribution in [0.25, 0.3) is 12.2 Å². The first kappa shape index (κ1) is 15.6. The van der Waals surface area contributed by atoms with Crippen molar-refractivity contribution in [2.75, 3.05) is 6.79 Å². The Morgan fingerprint density at radius 2 is 1.91 bits per heavy atom. The Balaban J connectivity index is 1.69. The molecule has 120 valence electrons. The van der Waals surface area contributed by atoms with Gasteiger partial charge in [-0.2, -0.15) is 4.57 Å². The zero-order valence-corrected chi connectivity index (χ0v) is 13.7. The van der Waals surface area contributed by atoms with Crippen molar-refractivity contribution in [3.8, 4) is 11.5 Å². The molecule has 3 nitrogen and oxygen atoms in total. The van der Waals surface area contributed by atoms with Gasteiger partial charge in [-0.15, -0.1) is 0 Å². The van der Waals surface area contributed by atoms with Crippen LogP contribution in [0.1, 0.15) is 43.9 Å². The lowest BCUT2D eigenvalue weighted by Crippen LogP contribution is -2.36. The fraction of sp³-hybridized carbons (Fsp3) is 0.350. The summed E-state index contributed by atoms with van der Waals surface area (Å²) in [6.07, 6.45) is 11.6. The summed E-state index contributed by atoms with van der Waals surface area (Å²) in [5.74, 6) is 1.65. The molecule has 0 bridgehead atoms. The van der Waals surface area contributed by atoms with E-state index in [0.717, 1.165) is 23.6 Å². The molecule has 2 aromatic rings. The number of rotatable bonds is 7. The molecule has 0 saturated carbocycles. The summed E-state index contributed by atoms with van der Waals surface area (Å²) in [6.45, 7) is 3.63. The summed E-state index contributed by atoms with van der Waals surface area (Å²) < 4.78 is 13.1. The highest BCUT2D eigenvalue weighted by molar-refractivity contribution is 5.68. The molecule has 1 aliphatic rings. The number of ether oxygens (including phenoxy) is 2. The summed E-state index contributed by atoms with van der Waals surface area (Å²) in [4.78, 5) is 0. The maximum atomic E-state index is 5.43. The van der Waals surface area contributed by atoms with Crippen molar-refractivity contribution in [2.24, 2.45) is 0 Å². The van der Waals surface area contributed by atoms with Crippen molar-refractivity contribution >= 4 is 12.2 Å². The van der Waals surface area contributed by atoms with Crippen molar-refractivity contribution in [2.45, 2.75) is 39.2 Å². The van der Waals surface area contributed by atoms with Crippen LogP contribution in [0.2, 0.25) is 0 Å². The average molecular weight is 310 g/mol. The van der Waals surface area contributed by atoms with Gasteiger partial charge in [0.1, 0.15) is 6.54 Å². The first-order chi connectivity index (χ1) is 11.4. The van der Waals surface area contributed by atoms with Gasteiger partial charge >= 0.3 is 0 Å². The summed E-state index contributed by atoms with van der Waals surface area (Å²) in [7, 11) is 0. The van der Waals surface area contributed by atoms with Gasteiger partial charge in [0.25, 0.3) is 0 Å². The van der Waals surface area contributed by atoms with Crippen LogP contribution in [-0.4, -0.2) is 6.79 Å². The van der Waals surface area contributed by atoms with E-state index in [-0.39, 0.29) is 0 Å². The van der Waals surface area contributed by atoms with Gasteiger partial charge in [-0.25, -0.2) is 0 Å². The van der Waals surface area contributed by atoms with Crippen LogP contribution in [0.3, 0.4) is 0 Å². The number of hydrogen-bond acceptors (Lipinski definition) is 2. The summed E-state index contributed by atoms with van der Waals surface area (Å²) >= 11 is 0. The third-order valence-electron chi connectivity index (χ3n) is 4.07. The number of pyridine rings is 1. The summed E-state index contributed by atoms with van der Waals surface area (Å²) in [5.41, 5.74) is 2.34. The predicted molar refractivity (Wildman–Crippen MR) is 92.3 cm³/mol. The molecule has 2 heterocycles. The largest absolute Gasteiger partial charge is 0.454 e. The minimum Gasteiger partial charge on any atom is -0.454 e. The molecule has 0 N–H and O–H groups in total. The second-order valence-corrected chi connectivity index (χ2v) is 5.83. The normalized spacial score (nSPS) is 12.9. The van der Waals surface area contributed by atoms with Crippen LogP contribution >= 0.6 is 0 Å². The molecule has 0 saturated heterocycles. The van der Waals surface area contributed by atoms with Gasteiger partial charge in [0.15, 0.2) is 17.7 Å². The molecule has 23 heavy (non-hydrogen) atoms. The zero-order chi connectivity index (χ0) is 15.9. The topological polar surface area (TPSA) is 22.3 Å². The van der Waals surface area contributed by atoms with E-state index in [1.54, 1.807) is 0 Å². The SMILES string of the molecule is CCCCCC[n+]1ccccc1/C=C/c1ccc2c(c1)OCO2. The Bertz CT molecular complexity index is 679. The number of unbranched alkanes of at least 4 members (excludes halogenated alkanes) is 3. The highest BCUT2D eigenvalue weighted by Crippen LogP contribution is 2.32. The molecule has 0 fully saturated rings. The zero-order valence-electron chi connectivity index (χ0n) is 13.7. The third kappa shape index (κ3) is 4.13. The van der Waals surface area contributed by atoms with E-state index in [9.17, 15) is 0 Å². The smallest absolute Gasteiger partial charge is 0.231 e. The fourth-order valence-corrected chi connectivity index (χ4v) is 2.75. The second-order valence-electron chi connectivity index (χ2n) is 5.83. The molecule has 1 aliphatic heterocycles. The first-order valence-corrected chi connectivity index (χ1v) is 8.43. The number of benzene rings is 1. The number of nitrogens with zero attached hydrogens (tertiary/aromatic N) is 1. The van der Waals surface area contributed by atoms with E-state index in [2.05, 4.69) is 54.1 Å². The average Bonchev–Trinajstić information content (AvgIpc) is 3.05. The van der Waals surface area contributed by atoms with Gasteiger partial charge < -0.3 is 9.47 Å². The first-order valence-electron chi connectivity index (χ1n) is 8.43. The lowest BCUT2D eigenvalue weighted by molar-refractivity contribution is -0.699. The number of aryl methyl sites for hydroxylation is 1. The van der Waals surface area contributed by atoms with Gasteiger partial charge in [0.05, 0.1) is 0 Å². The Labute approximate surface area is 138 Å². The maximum absolute atomic E-state index is 5.43. The van der Waals surface area contributed by atoms with Crippen LogP contribution in [0.15, 0.2) is 42.6 Å². The standard InChI is InChI=1S/C20H24NO2/c1-2-3-4-6-13-21-14-7-5-8-18(21)11-9-17-10-12-19-20(15-17)23-16-22-19/h5,7-12,14-15H,2-4,6,13,16H2,1H3/q+1/b11-9+. The van der Waals surface area contributed by atoms with E-state index in [4.69, 9.17) is 9.47 Å². The van der Waals surface area contributed by atoms with E-state index in [0.29, 0.717) is 6.79 Å². The van der Waals surface area contributed by atoms with Crippen LogP contribution in [0.5, 0.6) is 11.5 Å². The lowest BCUT2D eigenvalue weighted by Gasteiger charge is -2.01. The fourth-order valence-electron chi connectivity index (χ4n) is 2.75. The van der Waals surface area contributed by atoms with Crippen LogP contribution < -0.4 is 14.0 Å². The van der Waals surface area contributed by atoms with Gasteiger partial charge in [0, 0.05) is 24.6 Å². The van der Waals surface area contributed by atoms with Crippen LogP contribution in [-0.2, 0) is 6.54 Å². The maximum Gasteiger partial charge on any atom is 0.231 e. The Morgan fingerprint density at radius 1 is 1.00 bits per heavy atom. The predicted octanol–water partition coefficient (Wildman–Crippen LogP) is 4.45. The van der Waals surface area contributed by atoms with E-state index >= 15 is 0 Å². The van der Waals surface area contributed by atoms with Crippen molar-refractivity contribution in [1.82, 2.24) is 0 Å². The minimum atomic E-state index is 0.318. The molecule has 0 aliphatic carbocycles. The molecule has 0 atom stereocenters. The quantitative estimate of drug-likeness (QED) is 0.557. The van der Waals surface area contributed by atoms with E-state index in [1.165, 1.54) is 31.4 Å². The number of aromatic nitrogens is 1. The molecule has 0 spiro atoms. The van der Waals surface area contributed by atoms with Gasteiger partial charge in [0.2, 0.25) is 12.5 Å². The number of hydrogen-bond donors (Lipinski definition) is 0. The number of fused-ring (bicyclic) bond motifs is 1. The Kier molecular flexibility index (Phi) is 5.30. The molecule has 3 rings (SSSR count). The highest BCUT2D eigenvalue weighted by atomic mass is 16.7. The molecular formula is C20H24NO2+. The highest BCUT2D eigenvalue weighted by Gasteiger charge is 2.12. The monoisotopic (exact) mass is 310 g/mol. The minimum absolute atomic E-state index is 0.318. The van der Waals surface area contributed by atoms with Gasteiger partial charge in [-0.3, -0.25) is 0 Å². The van der Waals surface area contributed by atoms with Crippen molar-refractivity contribution in [3.05, 3.63) is 53.9 Å². The molecule has 0 radical (unpaired) electrons. The van der Waals surface area contributed by atoms with E-state index < -0.39 is 0 Å². The summed E-state index contributed by atoms with van der Waals surface area (Å²) in [6, 6.07) is 12.4. The van der Waals surface area contributed by atoms with E-state index in [1.807, 2.05) is 12.1 Å². The molecule has 1 aromatic carbocycles. The molecular weight excluding hydrogens is 286 g/mol. The van der Waals surface area contributed by atoms with Gasteiger partial charge in [-0.1, -0.05) is 25.8 Å². The lowest BCUT2D eigenvalue weighted by atomic mass is 10.1. The van der Waals surface area contributed by atoms with Crippen LogP contribution in [0.4, 0.5) is 0 Å². The third-order valence-corrected chi connectivity index (χ3v) is 4.07. The van der Waals surface area contributed by atoms with Crippen LogP contribution in [0, 0.1) is 0 Å². The van der Waals surface area contributed by atoms with Crippen molar-refractivity contribution < 1.29 is 14.0 Å². The van der Waals surface area contributed by atoms with Crippen molar-refractivity contribution in [1.29, 1.82) is 0 Å². The molecule has 1 aromatic heterocycles. The van der Waals surface area contributed by atoms with Gasteiger partial charge in [-0.05, 0) is 36.3 Å². The van der Waals surface area contributed by atoms with Crippen molar-refractivity contribution in [3.63, 3.8) is 0 Å². The molecule has 0 amide bonds. The molecule has 3 heteroatoms. The molecule has 0 unspecified atom stereocenters. The second kappa shape index (κ2) is 7.82. The Hall–Kier alpha value is -2.29. The Morgan fingerprint density at radius 3 is 2.83 bits per heavy atom. The summed E-state index contributed by atoms with van der Waals surface area (Å²) in [5, 5.41) is 0.